The van der Waals surface area contributed by atoms with Crippen molar-refractivity contribution in [2.75, 3.05) is 19.8 Å². The van der Waals surface area contributed by atoms with Gasteiger partial charge in [-0.05, 0) is 45.4 Å². The Morgan fingerprint density at radius 3 is 2.53 bits per heavy atom. The number of aldehydes is 1. The number of amides is 1. The zero-order valence-corrected chi connectivity index (χ0v) is 12.2. The lowest BCUT2D eigenvalue weighted by Gasteiger charge is -2.37. The Bertz CT molecular complexity index is 303. The first-order chi connectivity index (χ1) is 8.87. The molecule has 1 rings (SSSR count). The van der Waals surface area contributed by atoms with Crippen molar-refractivity contribution in [1.82, 2.24) is 5.32 Å². The lowest BCUT2D eigenvalue weighted by Crippen LogP contribution is -2.43. The van der Waals surface area contributed by atoms with Crippen LogP contribution in [-0.4, -0.2) is 37.7 Å². The minimum absolute atomic E-state index is 0.0317. The maximum atomic E-state index is 11.7. The molecule has 0 aromatic carbocycles. The van der Waals surface area contributed by atoms with E-state index in [9.17, 15) is 9.59 Å². The van der Waals surface area contributed by atoms with Crippen LogP contribution in [0.25, 0.3) is 0 Å². The Kier molecular flexibility index (Phi) is 5.79. The maximum Gasteiger partial charge on any atom is 0.407 e. The average Bonchev–Trinajstić information content (AvgIpc) is 2.33. The van der Waals surface area contributed by atoms with E-state index in [2.05, 4.69) is 5.32 Å². The predicted molar refractivity (Wildman–Crippen MR) is 72.0 cm³/mol. The van der Waals surface area contributed by atoms with Crippen LogP contribution in [-0.2, 0) is 14.3 Å². The SMILES string of the molecule is CC(C)(C)OC(=O)NCC1(CCC=O)CCOCC1. The zero-order chi connectivity index (χ0) is 14.4. The van der Waals surface area contributed by atoms with Crippen LogP contribution in [0.1, 0.15) is 46.5 Å². The molecule has 0 saturated carbocycles. The molecular formula is C14H25NO4. The van der Waals surface area contributed by atoms with Crippen LogP contribution >= 0.6 is 0 Å². The van der Waals surface area contributed by atoms with Gasteiger partial charge < -0.3 is 19.6 Å². The van der Waals surface area contributed by atoms with E-state index in [0.717, 1.165) is 25.5 Å². The minimum atomic E-state index is -0.490. The van der Waals surface area contributed by atoms with Crippen LogP contribution in [0.3, 0.4) is 0 Å². The number of rotatable bonds is 5. The summed E-state index contributed by atoms with van der Waals surface area (Å²) >= 11 is 0. The van der Waals surface area contributed by atoms with Crippen molar-refractivity contribution in [2.45, 2.75) is 52.1 Å². The molecule has 5 heteroatoms. The van der Waals surface area contributed by atoms with Gasteiger partial charge in [-0.2, -0.15) is 0 Å². The normalized spacial score (nSPS) is 18.7. The molecule has 5 nitrogen and oxygen atoms in total. The number of ether oxygens (including phenoxy) is 2. The molecule has 1 N–H and O–H groups in total. The Balaban J connectivity index is 2.48. The van der Waals surface area contributed by atoms with E-state index in [-0.39, 0.29) is 5.41 Å². The van der Waals surface area contributed by atoms with Crippen molar-refractivity contribution in [3.8, 4) is 0 Å². The van der Waals surface area contributed by atoms with E-state index in [1.807, 2.05) is 20.8 Å². The summed E-state index contributed by atoms with van der Waals surface area (Å²) in [6.07, 6.45) is 3.59. The minimum Gasteiger partial charge on any atom is -0.444 e. The van der Waals surface area contributed by atoms with Gasteiger partial charge in [-0.15, -0.1) is 0 Å². The molecule has 1 heterocycles. The lowest BCUT2D eigenvalue weighted by molar-refractivity contribution is -0.108. The van der Waals surface area contributed by atoms with Gasteiger partial charge in [0.15, 0.2) is 0 Å². The second-order valence-corrected chi connectivity index (χ2v) is 6.17. The third kappa shape index (κ3) is 6.05. The topological polar surface area (TPSA) is 64.6 Å². The largest absolute Gasteiger partial charge is 0.444 e. The molecule has 1 amide bonds. The van der Waals surface area contributed by atoms with Crippen LogP contribution < -0.4 is 5.32 Å². The highest BCUT2D eigenvalue weighted by atomic mass is 16.6. The van der Waals surface area contributed by atoms with E-state index in [1.54, 1.807) is 0 Å². The maximum absolute atomic E-state index is 11.7. The average molecular weight is 271 g/mol. The van der Waals surface area contributed by atoms with E-state index in [1.165, 1.54) is 0 Å². The van der Waals surface area contributed by atoms with Gasteiger partial charge in [0.1, 0.15) is 11.9 Å². The Labute approximate surface area is 115 Å². The molecule has 0 atom stereocenters. The van der Waals surface area contributed by atoms with Crippen molar-refractivity contribution in [3.63, 3.8) is 0 Å². The van der Waals surface area contributed by atoms with E-state index in [4.69, 9.17) is 9.47 Å². The number of hydrogen-bond donors (Lipinski definition) is 1. The van der Waals surface area contributed by atoms with Gasteiger partial charge in [0.2, 0.25) is 0 Å². The quantitative estimate of drug-likeness (QED) is 0.779. The number of alkyl carbamates (subject to hydrolysis) is 1. The third-order valence-corrected chi connectivity index (χ3v) is 3.35. The van der Waals surface area contributed by atoms with E-state index in [0.29, 0.717) is 26.2 Å². The highest BCUT2D eigenvalue weighted by Crippen LogP contribution is 2.34. The van der Waals surface area contributed by atoms with Gasteiger partial charge in [0.05, 0.1) is 0 Å². The molecule has 0 aliphatic carbocycles. The van der Waals surface area contributed by atoms with Gasteiger partial charge in [0.25, 0.3) is 0 Å². The molecule has 0 spiro atoms. The molecule has 110 valence electrons. The summed E-state index contributed by atoms with van der Waals surface area (Å²) in [6.45, 7) is 7.43. The number of carbonyl (C=O) groups excluding carboxylic acids is 2. The molecular weight excluding hydrogens is 246 g/mol. The third-order valence-electron chi connectivity index (χ3n) is 3.35. The zero-order valence-electron chi connectivity index (χ0n) is 12.2. The monoisotopic (exact) mass is 271 g/mol. The second kappa shape index (κ2) is 6.89. The molecule has 1 aliphatic rings. The first-order valence-electron chi connectivity index (χ1n) is 6.85. The highest BCUT2D eigenvalue weighted by Gasteiger charge is 2.33. The van der Waals surface area contributed by atoms with Crippen LogP contribution in [0.5, 0.6) is 0 Å². The molecule has 1 saturated heterocycles. The predicted octanol–water partition coefficient (Wildman–Crippen LogP) is 2.29. The second-order valence-electron chi connectivity index (χ2n) is 6.17. The Hall–Kier alpha value is -1.10. The number of carbonyl (C=O) groups is 2. The first-order valence-corrected chi connectivity index (χ1v) is 6.85. The summed E-state index contributed by atoms with van der Waals surface area (Å²) in [4.78, 5) is 22.3. The summed E-state index contributed by atoms with van der Waals surface area (Å²) in [7, 11) is 0. The number of hydrogen-bond acceptors (Lipinski definition) is 4. The van der Waals surface area contributed by atoms with Gasteiger partial charge in [-0.3, -0.25) is 0 Å². The fourth-order valence-electron chi connectivity index (χ4n) is 2.26. The Morgan fingerprint density at radius 1 is 1.37 bits per heavy atom. The molecule has 1 aliphatic heterocycles. The summed E-state index contributed by atoms with van der Waals surface area (Å²) in [5.74, 6) is 0. The van der Waals surface area contributed by atoms with Gasteiger partial charge >= 0.3 is 6.09 Å². The van der Waals surface area contributed by atoms with Crippen LogP contribution in [0.4, 0.5) is 4.79 Å². The van der Waals surface area contributed by atoms with E-state index < -0.39 is 11.7 Å². The lowest BCUT2D eigenvalue weighted by atomic mass is 9.76. The molecule has 0 radical (unpaired) electrons. The fourth-order valence-corrected chi connectivity index (χ4v) is 2.26. The molecule has 0 bridgehead atoms. The van der Waals surface area contributed by atoms with Crippen molar-refractivity contribution >= 4 is 12.4 Å². The van der Waals surface area contributed by atoms with Gasteiger partial charge in [-0.1, -0.05) is 0 Å². The molecule has 0 aromatic heterocycles. The molecule has 0 aromatic rings. The molecule has 0 unspecified atom stereocenters. The smallest absolute Gasteiger partial charge is 0.407 e. The van der Waals surface area contributed by atoms with E-state index >= 15 is 0 Å². The molecule has 1 fully saturated rings. The standard InChI is InChI=1S/C14H25NO4/c1-13(2,3)19-12(17)15-11-14(5-4-8-16)6-9-18-10-7-14/h8H,4-7,9-11H2,1-3H3,(H,15,17). The summed E-state index contributed by atoms with van der Waals surface area (Å²) < 4.78 is 10.6. The summed E-state index contributed by atoms with van der Waals surface area (Å²) in [5.41, 5.74) is -0.522. The number of nitrogens with one attached hydrogen (secondary N) is 1. The van der Waals surface area contributed by atoms with Crippen molar-refractivity contribution < 1.29 is 19.1 Å². The van der Waals surface area contributed by atoms with Crippen molar-refractivity contribution in [1.29, 1.82) is 0 Å². The first kappa shape index (κ1) is 16.0. The van der Waals surface area contributed by atoms with Crippen molar-refractivity contribution in [2.24, 2.45) is 5.41 Å². The van der Waals surface area contributed by atoms with Gasteiger partial charge in [0, 0.05) is 26.2 Å². The van der Waals surface area contributed by atoms with Gasteiger partial charge in [-0.25, -0.2) is 4.79 Å². The van der Waals surface area contributed by atoms with Crippen molar-refractivity contribution in [3.05, 3.63) is 0 Å². The molecule has 19 heavy (non-hydrogen) atoms. The Morgan fingerprint density at radius 2 is 2.00 bits per heavy atom. The summed E-state index contributed by atoms with van der Waals surface area (Å²) in [5, 5.41) is 2.83. The highest BCUT2D eigenvalue weighted by molar-refractivity contribution is 5.67. The fraction of sp³-hybridized carbons (Fsp3) is 0.857. The van der Waals surface area contributed by atoms with Crippen LogP contribution in [0.15, 0.2) is 0 Å². The van der Waals surface area contributed by atoms with Crippen LogP contribution in [0.2, 0.25) is 0 Å². The summed E-state index contributed by atoms with van der Waals surface area (Å²) in [6, 6.07) is 0. The van der Waals surface area contributed by atoms with Crippen LogP contribution in [0, 0.1) is 5.41 Å².